The van der Waals surface area contributed by atoms with Gasteiger partial charge in [0.05, 0.1) is 6.54 Å². The Balaban J connectivity index is 1.82. The number of nitrogens with one attached hydrogen (secondary N) is 3. The van der Waals surface area contributed by atoms with E-state index in [1.165, 1.54) is 0 Å². The van der Waals surface area contributed by atoms with Crippen molar-refractivity contribution in [1.82, 2.24) is 15.5 Å². The summed E-state index contributed by atoms with van der Waals surface area (Å²) in [6.45, 7) is 1.74. The quantitative estimate of drug-likeness (QED) is 0.767. The largest absolute Gasteiger partial charge is 0.343 e. The van der Waals surface area contributed by atoms with Gasteiger partial charge in [0.25, 0.3) is 5.91 Å². The van der Waals surface area contributed by atoms with Crippen molar-refractivity contribution in [3.8, 4) is 0 Å². The fourth-order valence-electron chi connectivity index (χ4n) is 1.52. The fourth-order valence-corrected chi connectivity index (χ4v) is 1.52. The molecule has 0 spiro atoms. The van der Waals surface area contributed by atoms with Gasteiger partial charge in [0, 0.05) is 17.3 Å². The van der Waals surface area contributed by atoms with Gasteiger partial charge in [-0.25, -0.2) is 0 Å². The van der Waals surface area contributed by atoms with Gasteiger partial charge in [-0.2, -0.15) is 5.10 Å². The molecule has 0 bridgehead atoms. The van der Waals surface area contributed by atoms with Crippen LogP contribution in [0, 0.1) is 6.92 Å². The molecule has 0 aliphatic heterocycles. The summed E-state index contributed by atoms with van der Waals surface area (Å²) in [5.41, 5.74) is 1.37. The summed E-state index contributed by atoms with van der Waals surface area (Å²) in [6.07, 6.45) is 0. The SMILES string of the molecule is Cc1cc(NC(=O)CNC(=O)c2ccccc2)n[nH]1. The first-order valence-corrected chi connectivity index (χ1v) is 5.80. The van der Waals surface area contributed by atoms with Crippen LogP contribution in [-0.4, -0.2) is 28.6 Å². The second-order valence-electron chi connectivity index (χ2n) is 4.03. The van der Waals surface area contributed by atoms with Crippen molar-refractivity contribution < 1.29 is 9.59 Å². The molecule has 19 heavy (non-hydrogen) atoms. The summed E-state index contributed by atoms with van der Waals surface area (Å²) in [4.78, 5) is 23.3. The average molecular weight is 258 g/mol. The third-order valence-electron chi connectivity index (χ3n) is 2.42. The highest BCUT2D eigenvalue weighted by Crippen LogP contribution is 2.03. The molecule has 6 nitrogen and oxygen atoms in total. The lowest BCUT2D eigenvalue weighted by Crippen LogP contribution is -2.32. The molecule has 0 unspecified atom stereocenters. The second kappa shape index (κ2) is 5.81. The van der Waals surface area contributed by atoms with Gasteiger partial charge in [-0.05, 0) is 19.1 Å². The van der Waals surface area contributed by atoms with Crippen molar-refractivity contribution in [2.75, 3.05) is 11.9 Å². The third-order valence-corrected chi connectivity index (χ3v) is 2.42. The average Bonchev–Trinajstić information content (AvgIpc) is 2.82. The molecule has 0 aliphatic rings. The van der Waals surface area contributed by atoms with E-state index < -0.39 is 0 Å². The zero-order chi connectivity index (χ0) is 13.7. The molecule has 2 rings (SSSR count). The normalized spacial score (nSPS) is 9.95. The summed E-state index contributed by atoms with van der Waals surface area (Å²) in [5.74, 6) is -0.166. The van der Waals surface area contributed by atoms with Gasteiger partial charge < -0.3 is 10.6 Å². The minimum atomic E-state index is -0.323. The van der Waals surface area contributed by atoms with E-state index in [0.29, 0.717) is 11.4 Å². The van der Waals surface area contributed by atoms with E-state index in [-0.39, 0.29) is 18.4 Å². The molecule has 2 aromatic rings. The Labute approximate surface area is 110 Å². The Morgan fingerprint density at radius 2 is 2.00 bits per heavy atom. The van der Waals surface area contributed by atoms with Crippen molar-refractivity contribution in [3.63, 3.8) is 0 Å². The molecule has 3 N–H and O–H groups in total. The lowest BCUT2D eigenvalue weighted by atomic mass is 10.2. The van der Waals surface area contributed by atoms with Crippen LogP contribution < -0.4 is 10.6 Å². The molecule has 0 aliphatic carbocycles. The molecule has 0 saturated heterocycles. The van der Waals surface area contributed by atoms with Crippen LogP contribution in [0.5, 0.6) is 0 Å². The van der Waals surface area contributed by atoms with Crippen LogP contribution in [0.25, 0.3) is 0 Å². The molecule has 1 heterocycles. The number of aromatic amines is 1. The third kappa shape index (κ3) is 3.67. The van der Waals surface area contributed by atoms with Gasteiger partial charge in [-0.15, -0.1) is 0 Å². The number of carbonyl (C=O) groups excluding carboxylic acids is 2. The highest BCUT2D eigenvalue weighted by atomic mass is 16.2. The van der Waals surface area contributed by atoms with Crippen molar-refractivity contribution in [2.45, 2.75) is 6.92 Å². The lowest BCUT2D eigenvalue weighted by molar-refractivity contribution is -0.115. The number of aryl methyl sites for hydroxylation is 1. The zero-order valence-corrected chi connectivity index (χ0v) is 10.4. The summed E-state index contributed by atoms with van der Waals surface area (Å²) in [5, 5.41) is 11.7. The van der Waals surface area contributed by atoms with E-state index >= 15 is 0 Å². The Morgan fingerprint density at radius 3 is 2.63 bits per heavy atom. The first kappa shape index (κ1) is 12.8. The minimum Gasteiger partial charge on any atom is -0.343 e. The predicted molar refractivity (Wildman–Crippen MR) is 70.7 cm³/mol. The number of rotatable bonds is 4. The van der Waals surface area contributed by atoms with Crippen molar-refractivity contribution in [1.29, 1.82) is 0 Å². The number of hydrogen-bond donors (Lipinski definition) is 3. The number of carbonyl (C=O) groups is 2. The first-order valence-electron chi connectivity index (χ1n) is 5.80. The lowest BCUT2D eigenvalue weighted by Gasteiger charge is -2.04. The first-order chi connectivity index (χ1) is 9.15. The smallest absolute Gasteiger partial charge is 0.251 e. The molecule has 1 aromatic carbocycles. The van der Waals surface area contributed by atoms with E-state index in [0.717, 1.165) is 5.69 Å². The van der Waals surface area contributed by atoms with Crippen LogP contribution in [0.3, 0.4) is 0 Å². The number of anilines is 1. The number of H-pyrrole nitrogens is 1. The zero-order valence-electron chi connectivity index (χ0n) is 10.4. The molecule has 0 radical (unpaired) electrons. The van der Waals surface area contributed by atoms with Gasteiger partial charge in [-0.3, -0.25) is 14.7 Å². The summed E-state index contributed by atoms with van der Waals surface area (Å²) in [7, 11) is 0. The van der Waals surface area contributed by atoms with Gasteiger partial charge in [0.15, 0.2) is 5.82 Å². The topological polar surface area (TPSA) is 86.9 Å². The summed E-state index contributed by atoms with van der Waals surface area (Å²) in [6, 6.07) is 10.4. The molecular weight excluding hydrogens is 244 g/mol. The van der Waals surface area contributed by atoms with Crippen molar-refractivity contribution >= 4 is 17.6 Å². The number of hydrogen-bond acceptors (Lipinski definition) is 3. The van der Waals surface area contributed by atoms with Crippen LogP contribution in [-0.2, 0) is 4.79 Å². The van der Waals surface area contributed by atoms with Crippen LogP contribution in [0.1, 0.15) is 16.1 Å². The van der Waals surface area contributed by atoms with Gasteiger partial charge in [0.1, 0.15) is 0 Å². The molecule has 0 saturated carbocycles. The highest BCUT2D eigenvalue weighted by Gasteiger charge is 2.08. The maximum Gasteiger partial charge on any atom is 0.251 e. The van der Waals surface area contributed by atoms with Crippen LogP contribution in [0.2, 0.25) is 0 Å². The Kier molecular flexibility index (Phi) is 3.92. The van der Waals surface area contributed by atoms with Gasteiger partial charge in [-0.1, -0.05) is 18.2 Å². The summed E-state index contributed by atoms with van der Waals surface area (Å²) >= 11 is 0. The number of benzene rings is 1. The van der Waals surface area contributed by atoms with E-state index in [1.807, 2.05) is 13.0 Å². The van der Waals surface area contributed by atoms with Crippen molar-refractivity contribution in [2.24, 2.45) is 0 Å². The standard InChI is InChI=1S/C13H14N4O2/c1-9-7-11(17-16-9)15-12(18)8-14-13(19)10-5-3-2-4-6-10/h2-7H,8H2,1H3,(H,14,19)(H2,15,16,17,18). The number of aromatic nitrogens is 2. The molecule has 2 amide bonds. The maximum atomic E-state index is 11.7. The van der Waals surface area contributed by atoms with E-state index in [9.17, 15) is 9.59 Å². The molecule has 1 aromatic heterocycles. The monoisotopic (exact) mass is 258 g/mol. The van der Waals surface area contributed by atoms with E-state index in [4.69, 9.17) is 0 Å². The molecule has 0 fully saturated rings. The second-order valence-corrected chi connectivity index (χ2v) is 4.03. The molecule has 0 atom stereocenters. The number of amides is 2. The molecular formula is C13H14N4O2. The van der Waals surface area contributed by atoms with Crippen LogP contribution in [0.4, 0.5) is 5.82 Å². The van der Waals surface area contributed by atoms with Crippen LogP contribution in [0.15, 0.2) is 36.4 Å². The van der Waals surface area contributed by atoms with Crippen LogP contribution >= 0.6 is 0 Å². The van der Waals surface area contributed by atoms with Gasteiger partial charge in [0.2, 0.25) is 5.91 Å². The minimum absolute atomic E-state index is 0.0976. The van der Waals surface area contributed by atoms with E-state index in [1.54, 1.807) is 30.3 Å². The van der Waals surface area contributed by atoms with E-state index in [2.05, 4.69) is 20.8 Å². The molecule has 98 valence electrons. The Bertz CT molecular complexity index is 577. The maximum absolute atomic E-state index is 11.7. The fraction of sp³-hybridized carbons (Fsp3) is 0.154. The highest BCUT2D eigenvalue weighted by molar-refractivity contribution is 5.98. The van der Waals surface area contributed by atoms with Crippen molar-refractivity contribution in [3.05, 3.63) is 47.7 Å². The number of nitrogens with zero attached hydrogens (tertiary/aromatic N) is 1. The van der Waals surface area contributed by atoms with Gasteiger partial charge >= 0.3 is 0 Å². The molecule has 6 heteroatoms. The summed E-state index contributed by atoms with van der Waals surface area (Å²) < 4.78 is 0. The Morgan fingerprint density at radius 1 is 1.26 bits per heavy atom. The Hall–Kier alpha value is -2.63. The predicted octanol–water partition coefficient (Wildman–Crippen LogP) is 1.09.